The Labute approximate surface area is 177 Å². The zero-order valence-corrected chi connectivity index (χ0v) is 17.6. The SMILES string of the molecule is C=C(/C=C\C=C(/C)C(=N)N(C=N)C(C)C)NC(=O)c1cc2c(cn1)CCN(C=O)C2. The molecule has 1 aromatic heterocycles. The Bertz CT molecular complexity index is 916. The molecule has 3 N–H and O–H groups in total. The number of carbonyl (C=O) groups excluding carboxylic acids is 2. The first-order chi connectivity index (χ1) is 14.3. The van der Waals surface area contributed by atoms with Gasteiger partial charge in [-0.25, -0.2) is 0 Å². The van der Waals surface area contributed by atoms with Gasteiger partial charge in [-0.3, -0.25) is 25.4 Å². The Morgan fingerprint density at radius 1 is 1.40 bits per heavy atom. The van der Waals surface area contributed by atoms with Crippen LogP contribution < -0.4 is 5.32 Å². The largest absolute Gasteiger partial charge is 0.341 e. The molecule has 0 bridgehead atoms. The lowest BCUT2D eigenvalue weighted by Crippen LogP contribution is -2.35. The van der Waals surface area contributed by atoms with Crippen molar-refractivity contribution >= 4 is 24.5 Å². The van der Waals surface area contributed by atoms with Crippen molar-refractivity contribution in [1.82, 2.24) is 20.1 Å². The molecule has 1 aliphatic rings. The van der Waals surface area contributed by atoms with E-state index in [1.165, 1.54) is 0 Å². The molecule has 0 radical (unpaired) electrons. The minimum absolute atomic E-state index is 0.0133. The number of hydrogen-bond donors (Lipinski definition) is 3. The molecular weight excluding hydrogens is 380 g/mol. The van der Waals surface area contributed by atoms with Crippen molar-refractivity contribution in [2.24, 2.45) is 0 Å². The van der Waals surface area contributed by atoms with Crippen molar-refractivity contribution in [3.05, 3.63) is 65.2 Å². The molecule has 0 saturated heterocycles. The van der Waals surface area contributed by atoms with Crippen molar-refractivity contribution in [1.29, 1.82) is 10.8 Å². The zero-order valence-electron chi connectivity index (χ0n) is 17.6. The third-order valence-corrected chi connectivity index (χ3v) is 4.75. The minimum atomic E-state index is -0.376. The van der Waals surface area contributed by atoms with E-state index in [9.17, 15) is 9.59 Å². The highest BCUT2D eigenvalue weighted by molar-refractivity contribution is 6.01. The maximum Gasteiger partial charge on any atom is 0.274 e. The average Bonchev–Trinajstić information content (AvgIpc) is 2.72. The van der Waals surface area contributed by atoms with Crippen LogP contribution in [-0.4, -0.2) is 51.9 Å². The summed E-state index contributed by atoms with van der Waals surface area (Å²) in [6.45, 7) is 10.6. The molecule has 158 valence electrons. The summed E-state index contributed by atoms with van der Waals surface area (Å²) in [4.78, 5) is 30.9. The van der Waals surface area contributed by atoms with Crippen LogP contribution in [0.3, 0.4) is 0 Å². The van der Waals surface area contributed by atoms with E-state index in [-0.39, 0.29) is 23.5 Å². The molecule has 0 fully saturated rings. The first kappa shape index (κ1) is 22.7. The third kappa shape index (κ3) is 5.73. The Morgan fingerprint density at radius 3 is 2.77 bits per heavy atom. The van der Waals surface area contributed by atoms with Gasteiger partial charge in [0.1, 0.15) is 11.5 Å². The standard InChI is InChI=1S/C22H28N6O2/c1-15(2)28(13-23)21(24)16(3)6-5-7-17(4)26-22(30)20-10-19-12-27(14-29)9-8-18(19)11-25-20/h5-7,10-11,13-15,23-24H,4,8-9,12H2,1-3H3,(H,26,30)/b7-5-,16-6+,23-13?,24-21?. The van der Waals surface area contributed by atoms with Gasteiger partial charge in [-0.1, -0.05) is 18.7 Å². The summed E-state index contributed by atoms with van der Waals surface area (Å²) in [5.74, 6) is -0.138. The van der Waals surface area contributed by atoms with Gasteiger partial charge in [-0.05, 0) is 56.0 Å². The van der Waals surface area contributed by atoms with Gasteiger partial charge < -0.3 is 15.1 Å². The number of nitrogens with one attached hydrogen (secondary N) is 3. The Balaban J connectivity index is 1.99. The van der Waals surface area contributed by atoms with E-state index in [4.69, 9.17) is 10.8 Å². The highest BCUT2D eigenvalue weighted by Gasteiger charge is 2.18. The second-order valence-corrected chi connectivity index (χ2v) is 7.33. The summed E-state index contributed by atoms with van der Waals surface area (Å²) in [6.07, 6.45) is 9.41. The number of carbonyl (C=O) groups is 2. The van der Waals surface area contributed by atoms with Crippen molar-refractivity contribution in [3.8, 4) is 0 Å². The van der Waals surface area contributed by atoms with Crippen molar-refractivity contribution < 1.29 is 9.59 Å². The first-order valence-electron chi connectivity index (χ1n) is 9.67. The van der Waals surface area contributed by atoms with Gasteiger partial charge in [-0.15, -0.1) is 0 Å². The van der Waals surface area contributed by atoms with E-state index in [0.29, 0.717) is 24.4 Å². The minimum Gasteiger partial charge on any atom is -0.341 e. The van der Waals surface area contributed by atoms with Gasteiger partial charge in [0.2, 0.25) is 6.41 Å². The number of amides is 2. The smallest absolute Gasteiger partial charge is 0.274 e. The van der Waals surface area contributed by atoms with Crippen molar-refractivity contribution in [2.75, 3.05) is 6.54 Å². The van der Waals surface area contributed by atoms with Crippen LogP contribution in [0.1, 0.15) is 42.4 Å². The number of aromatic nitrogens is 1. The molecule has 0 saturated carbocycles. The molecule has 0 unspecified atom stereocenters. The van der Waals surface area contributed by atoms with E-state index in [1.54, 1.807) is 47.2 Å². The summed E-state index contributed by atoms with van der Waals surface area (Å²) in [5.41, 5.74) is 3.30. The molecule has 30 heavy (non-hydrogen) atoms. The second kappa shape index (κ2) is 10.3. The lowest BCUT2D eigenvalue weighted by atomic mass is 10.0. The van der Waals surface area contributed by atoms with Gasteiger partial charge in [0, 0.05) is 31.0 Å². The molecule has 1 aliphatic heterocycles. The molecule has 8 nitrogen and oxygen atoms in total. The van der Waals surface area contributed by atoms with E-state index >= 15 is 0 Å². The quantitative estimate of drug-likeness (QED) is 0.266. The van der Waals surface area contributed by atoms with Gasteiger partial charge in [0.25, 0.3) is 5.91 Å². The first-order valence-corrected chi connectivity index (χ1v) is 9.67. The van der Waals surface area contributed by atoms with Crippen LogP contribution in [-0.2, 0) is 17.8 Å². The summed E-state index contributed by atoms with van der Waals surface area (Å²) in [7, 11) is 0. The Morgan fingerprint density at radius 2 is 2.13 bits per heavy atom. The number of fused-ring (bicyclic) bond motifs is 1. The maximum absolute atomic E-state index is 12.5. The Hall–Kier alpha value is -3.55. The van der Waals surface area contributed by atoms with Crippen molar-refractivity contribution in [2.45, 2.75) is 39.8 Å². The summed E-state index contributed by atoms with van der Waals surface area (Å²) in [5, 5.41) is 18.3. The highest BCUT2D eigenvalue weighted by Crippen LogP contribution is 2.18. The molecule has 0 aromatic carbocycles. The maximum atomic E-state index is 12.5. The number of nitrogens with zero attached hydrogens (tertiary/aromatic N) is 3. The molecular formula is C22H28N6O2. The highest BCUT2D eigenvalue weighted by atomic mass is 16.2. The molecule has 8 heteroatoms. The number of amidine groups is 1. The third-order valence-electron chi connectivity index (χ3n) is 4.75. The van der Waals surface area contributed by atoms with Crippen molar-refractivity contribution in [3.63, 3.8) is 0 Å². The van der Waals surface area contributed by atoms with E-state index in [2.05, 4.69) is 16.9 Å². The number of hydrogen-bond acceptors (Lipinski definition) is 5. The average molecular weight is 409 g/mol. The topological polar surface area (TPSA) is 113 Å². The molecule has 0 aliphatic carbocycles. The second-order valence-electron chi connectivity index (χ2n) is 7.33. The summed E-state index contributed by atoms with van der Waals surface area (Å²) < 4.78 is 0. The normalized spacial score (nSPS) is 13.7. The lowest BCUT2D eigenvalue weighted by molar-refractivity contribution is -0.118. The Kier molecular flexibility index (Phi) is 7.80. The fourth-order valence-electron chi connectivity index (χ4n) is 2.99. The lowest BCUT2D eigenvalue weighted by Gasteiger charge is -2.25. The molecule has 2 rings (SSSR count). The van der Waals surface area contributed by atoms with E-state index in [1.807, 2.05) is 13.8 Å². The van der Waals surface area contributed by atoms with Gasteiger partial charge in [-0.2, -0.15) is 0 Å². The molecule has 0 spiro atoms. The van der Waals surface area contributed by atoms with Crippen LogP contribution in [0, 0.1) is 10.8 Å². The van der Waals surface area contributed by atoms with Crippen LogP contribution in [0.4, 0.5) is 0 Å². The number of allylic oxidation sites excluding steroid dienone is 3. The molecule has 2 heterocycles. The van der Waals surface area contributed by atoms with Crippen LogP contribution in [0.25, 0.3) is 0 Å². The van der Waals surface area contributed by atoms with Crippen LogP contribution >= 0.6 is 0 Å². The van der Waals surface area contributed by atoms with Crippen LogP contribution in [0.2, 0.25) is 0 Å². The molecule has 1 aromatic rings. The fraction of sp³-hybridized carbons (Fsp3) is 0.318. The van der Waals surface area contributed by atoms with Gasteiger partial charge in [0.15, 0.2) is 0 Å². The summed E-state index contributed by atoms with van der Waals surface area (Å²) >= 11 is 0. The predicted molar refractivity (Wildman–Crippen MR) is 117 cm³/mol. The number of rotatable bonds is 8. The predicted octanol–water partition coefficient (Wildman–Crippen LogP) is 2.64. The number of pyridine rings is 1. The van der Waals surface area contributed by atoms with E-state index < -0.39 is 0 Å². The fourth-order valence-corrected chi connectivity index (χ4v) is 2.99. The zero-order chi connectivity index (χ0) is 22.3. The molecule has 2 amide bonds. The summed E-state index contributed by atoms with van der Waals surface area (Å²) in [6, 6.07) is 1.72. The monoisotopic (exact) mass is 408 g/mol. The van der Waals surface area contributed by atoms with Gasteiger partial charge in [0.05, 0.1) is 6.34 Å². The van der Waals surface area contributed by atoms with E-state index in [0.717, 1.165) is 30.3 Å². The van der Waals surface area contributed by atoms with Crippen LogP contribution in [0.5, 0.6) is 0 Å². The van der Waals surface area contributed by atoms with Crippen LogP contribution in [0.15, 0.2) is 48.3 Å². The van der Waals surface area contributed by atoms with Gasteiger partial charge >= 0.3 is 0 Å². The molecule has 0 atom stereocenters.